The summed E-state index contributed by atoms with van der Waals surface area (Å²) in [7, 11) is 0. The number of ether oxygens (including phenoxy) is 1. The van der Waals surface area contributed by atoms with Crippen LogP contribution < -0.4 is 0 Å². The van der Waals surface area contributed by atoms with E-state index in [0.717, 1.165) is 35.7 Å². The molecule has 1 atom stereocenters. The van der Waals surface area contributed by atoms with Crippen LogP contribution in [-0.4, -0.2) is 59.8 Å². The van der Waals surface area contributed by atoms with Crippen molar-refractivity contribution in [3.05, 3.63) is 40.6 Å². The molecule has 0 spiro atoms. The van der Waals surface area contributed by atoms with Crippen LogP contribution in [0.5, 0.6) is 0 Å². The largest absolute Gasteiger partial charge is 0.379 e. The summed E-state index contributed by atoms with van der Waals surface area (Å²) in [4.78, 5) is 17.1. The van der Waals surface area contributed by atoms with Gasteiger partial charge in [0.05, 0.1) is 25.8 Å². The van der Waals surface area contributed by atoms with Crippen molar-refractivity contribution in [1.82, 2.24) is 15.0 Å². The lowest BCUT2D eigenvalue weighted by molar-refractivity contribution is -0.139. The minimum Gasteiger partial charge on any atom is -0.379 e. The lowest BCUT2D eigenvalue weighted by Crippen LogP contribution is -2.51. The van der Waals surface area contributed by atoms with Gasteiger partial charge >= 0.3 is 0 Å². The number of nitrogens with zero attached hydrogens (tertiary/aromatic N) is 3. The van der Waals surface area contributed by atoms with E-state index < -0.39 is 0 Å². The highest BCUT2D eigenvalue weighted by Gasteiger charge is 2.32. The normalized spacial score (nSPS) is 19.2. The van der Waals surface area contributed by atoms with Crippen LogP contribution in [0.25, 0.3) is 11.3 Å². The van der Waals surface area contributed by atoms with E-state index in [9.17, 15) is 4.79 Å². The molecule has 6 nitrogen and oxygen atoms in total. The number of hydrogen-bond acceptors (Lipinski definition) is 5. The summed E-state index contributed by atoms with van der Waals surface area (Å²) in [5.41, 5.74) is 2.75. The summed E-state index contributed by atoms with van der Waals surface area (Å²) < 4.78 is 10.9. The number of rotatable bonds is 3. The van der Waals surface area contributed by atoms with Gasteiger partial charge in [-0.05, 0) is 19.1 Å². The van der Waals surface area contributed by atoms with Crippen molar-refractivity contribution in [2.75, 3.05) is 32.8 Å². The second kappa shape index (κ2) is 7.39. The lowest BCUT2D eigenvalue weighted by atomic mass is 10.0. The molecule has 26 heavy (non-hydrogen) atoms. The summed E-state index contributed by atoms with van der Waals surface area (Å²) in [5.74, 6) is 1.03. The number of fused-ring (bicyclic) bond motifs is 1. The average Bonchev–Trinajstić information content (AvgIpc) is 3.11. The third-order valence-electron chi connectivity index (χ3n) is 5.21. The predicted octanol–water partition coefficient (Wildman–Crippen LogP) is 2.60. The number of amides is 1. The van der Waals surface area contributed by atoms with E-state index >= 15 is 0 Å². The maximum atomic E-state index is 13.0. The highest BCUT2D eigenvalue weighted by atomic mass is 35.5. The van der Waals surface area contributed by atoms with Gasteiger partial charge in [0.2, 0.25) is 5.91 Å². The molecule has 1 aromatic heterocycles. The molecule has 3 heterocycles. The topological polar surface area (TPSA) is 58.8 Å². The van der Waals surface area contributed by atoms with Gasteiger partial charge in [-0.3, -0.25) is 9.69 Å². The fourth-order valence-electron chi connectivity index (χ4n) is 3.62. The van der Waals surface area contributed by atoms with Gasteiger partial charge in [0.25, 0.3) is 0 Å². The summed E-state index contributed by atoms with van der Waals surface area (Å²) >= 11 is 5.98. The fraction of sp³-hybridized carbons (Fsp3) is 0.474. The van der Waals surface area contributed by atoms with Crippen LogP contribution in [0.15, 0.2) is 28.8 Å². The molecule has 1 saturated heterocycles. The summed E-state index contributed by atoms with van der Waals surface area (Å²) in [6.45, 7) is 6.16. The maximum Gasteiger partial charge on any atom is 0.239 e. The Kier molecular flexibility index (Phi) is 4.98. The Balaban J connectivity index is 1.52. The monoisotopic (exact) mass is 375 g/mol. The molecular weight excluding hydrogens is 354 g/mol. The van der Waals surface area contributed by atoms with Crippen molar-refractivity contribution in [2.45, 2.75) is 25.9 Å². The third-order valence-corrected chi connectivity index (χ3v) is 5.46. The highest BCUT2D eigenvalue weighted by molar-refractivity contribution is 6.30. The number of hydrogen-bond donors (Lipinski definition) is 0. The molecule has 1 aromatic carbocycles. The van der Waals surface area contributed by atoms with E-state index in [-0.39, 0.29) is 11.9 Å². The number of aromatic nitrogens is 1. The number of carbonyl (C=O) groups is 1. The zero-order chi connectivity index (χ0) is 18.1. The Morgan fingerprint density at radius 3 is 2.65 bits per heavy atom. The summed E-state index contributed by atoms with van der Waals surface area (Å²) in [6, 6.07) is 7.39. The molecule has 138 valence electrons. The summed E-state index contributed by atoms with van der Waals surface area (Å²) in [5, 5.41) is 4.93. The van der Waals surface area contributed by atoms with E-state index in [0.29, 0.717) is 37.7 Å². The molecule has 0 bridgehead atoms. The van der Waals surface area contributed by atoms with Crippen molar-refractivity contribution >= 4 is 17.5 Å². The van der Waals surface area contributed by atoms with E-state index in [1.807, 2.05) is 36.1 Å². The van der Waals surface area contributed by atoms with Crippen molar-refractivity contribution in [3.8, 4) is 11.3 Å². The SMILES string of the molecule is C[C@@H](C(=O)N1CCc2onc(-c3ccc(Cl)cc3)c2C1)N1CCOCC1. The summed E-state index contributed by atoms with van der Waals surface area (Å²) in [6.07, 6.45) is 0.692. The molecule has 4 rings (SSSR count). The first-order valence-corrected chi connectivity index (χ1v) is 9.35. The van der Waals surface area contributed by atoms with Crippen molar-refractivity contribution in [3.63, 3.8) is 0 Å². The second-order valence-corrected chi connectivity index (χ2v) is 7.21. The maximum absolute atomic E-state index is 13.0. The van der Waals surface area contributed by atoms with E-state index in [2.05, 4.69) is 10.1 Å². The first kappa shape index (κ1) is 17.5. The predicted molar refractivity (Wildman–Crippen MR) is 97.9 cm³/mol. The van der Waals surface area contributed by atoms with Gasteiger partial charge in [-0.25, -0.2) is 0 Å². The van der Waals surface area contributed by atoms with Crippen molar-refractivity contribution in [1.29, 1.82) is 0 Å². The van der Waals surface area contributed by atoms with Crippen LogP contribution in [0, 0.1) is 0 Å². The van der Waals surface area contributed by atoms with Crippen LogP contribution in [-0.2, 0) is 22.5 Å². The molecule has 0 N–H and O–H groups in total. The Morgan fingerprint density at radius 1 is 1.19 bits per heavy atom. The molecule has 2 aromatic rings. The molecular formula is C19H22ClN3O3. The van der Waals surface area contributed by atoms with Crippen molar-refractivity contribution in [2.24, 2.45) is 0 Å². The second-order valence-electron chi connectivity index (χ2n) is 6.77. The molecule has 2 aliphatic rings. The first-order chi connectivity index (χ1) is 12.6. The minimum atomic E-state index is -0.140. The quantitative estimate of drug-likeness (QED) is 0.825. The molecule has 2 aliphatic heterocycles. The zero-order valence-electron chi connectivity index (χ0n) is 14.8. The van der Waals surface area contributed by atoms with Gasteiger partial charge in [0, 0.05) is 42.2 Å². The minimum absolute atomic E-state index is 0.140. The van der Waals surface area contributed by atoms with Gasteiger partial charge < -0.3 is 14.2 Å². The van der Waals surface area contributed by atoms with Gasteiger partial charge in [0.15, 0.2) is 0 Å². The fourth-order valence-corrected chi connectivity index (χ4v) is 3.74. The van der Waals surface area contributed by atoms with Crippen LogP contribution >= 0.6 is 11.6 Å². The molecule has 1 fully saturated rings. The van der Waals surface area contributed by atoms with E-state index in [1.54, 1.807) is 0 Å². The Morgan fingerprint density at radius 2 is 1.92 bits per heavy atom. The lowest BCUT2D eigenvalue weighted by Gasteiger charge is -2.35. The zero-order valence-corrected chi connectivity index (χ0v) is 15.5. The van der Waals surface area contributed by atoms with E-state index in [4.69, 9.17) is 20.9 Å². The van der Waals surface area contributed by atoms with Gasteiger partial charge in [-0.1, -0.05) is 28.9 Å². The number of morpholine rings is 1. The molecule has 1 amide bonds. The van der Waals surface area contributed by atoms with Crippen LogP contribution in [0.3, 0.4) is 0 Å². The number of benzene rings is 1. The van der Waals surface area contributed by atoms with E-state index in [1.165, 1.54) is 0 Å². The standard InChI is InChI=1S/C19H22ClN3O3/c1-13(22-8-10-25-11-9-22)19(24)23-7-6-17-16(12-23)18(21-26-17)14-2-4-15(20)5-3-14/h2-5,13H,6-12H2,1H3/t13-/m0/s1. The highest BCUT2D eigenvalue weighted by Crippen LogP contribution is 2.31. The Labute approximate surface area is 157 Å². The Hall–Kier alpha value is -1.89. The first-order valence-electron chi connectivity index (χ1n) is 8.97. The van der Waals surface area contributed by atoms with Crippen LogP contribution in [0.1, 0.15) is 18.2 Å². The molecule has 0 aliphatic carbocycles. The molecule has 0 unspecified atom stereocenters. The average molecular weight is 376 g/mol. The smallest absolute Gasteiger partial charge is 0.239 e. The Bertz CT molecular complexity index is 784. The number of halogens is 1. The van der Waals surface area contributed by atoms with Crippen LogP contribution in [0.2, 0.25) is 5.02 Å². The number of carbonyl (C=O) groups excluding carboxylic acids is 1. The molecule has 0 radical (unpaired) electrons. The third kappa shape index (κ3) is 3.37. The van der Waals surface area contributed by atoms with Gasteiger partial charge in [0.1, 0.15) is 11.5 Å². The van der Waals surface area contributed by atoms with Gasteiger partial charge in [-0.2, -0.15) is 0 Å². The molecule has 7 heteroatoms. The van der Waals surface area contributed by atoms with Crippen LogP contribution in [0.4, 0.5) is 0 Å². The van der Waals surface area contributed by atoms with Gasteiger partial charge in [-0.15, -0.1) is 0 Å². The van der Waals surface area contributed by atoms with Crippen molar-refractivity contribution < 1.29 is 14.1 Å². The molecule has 0 saturated carbocycles.